The molecule has 0 N–H and O–H groups in total. The summed E-state index contributed by atoms with van der Waals surface area (Å²) in [5.41, 5.74) is 1.24. The molecule has 0 aliphatic rings. The van der Waals surface area contributed by atoms with E-state index in [0.717, 1.165) is 10.4 Å². The molecule has 0 aliphatic carbocycles. The van der Waals surface area contributed by atoms with Gasteiger partial charge in [0.25, 0.3) is 0 Å². The van der Waals surface area contributed by atoms with E-state index in [9.17, 15) is 9.59 Å². The number of nitrogens with zero attached hydrogens (tertiary/aromatic N) is 3. The Morgan fingerprint density at radius 1 is 1.15 bits per heavy atom. The van der Waals surface area contributed by atoms with Gasteiger partial charge in [-0.2, -0.15) is 5.10 Å². The first-order valence-corrected chi connectivity index (χ1v) is 5.91. The predicted octanol–water partition coefficient (Wildman–Crippen LogP) is 1.53. The van der Waals surface area contributed by atoms with E-state index in [1.165, 1.54) is 13.1 Å². The maximum absolute atomic E-state index is 11.7. The zero-order valence-electron chi connectivity index (χ0n) is 10.9. The maximum atomic E-state index is 11.7. The summed E-state index contributed by atoms with van der Waals surface area (Å²) in [6.45, 7) is 1.40. The van der Waals surface area contributed by atoms with E-state index in [2.05, 4.69) is 10.2 Å². The number of ether oxygens (including phenoxy) is 2. The first kappa shape index (κ1) is 13.7. The van der Waals surface area contributed by atoms with Gasteiger partial charge in [0.05, 0.1) is 6.20 Å². The molecule has 0 saturated carbocycles. The molecule has 1 aromatic heterocycles. The molecule has 1 heterocycles. The Bertz CT molecular complexity index is 595. The molecule has 0 radical (unpaired) electrons. The van der Waals surface area contributed by atoms with Gasteiger partial charge in [-0.15, -0.1) is 5.10 Å². The molecule has 0 saturated heterocycles. The van der Waals surface area contributed by atoms with Gasteiger partial charge in [-0.1, -0.05) is 35.1 Å². The minimum absolute atomic E-state index is 0.0265. The Labute approximate surface area is 115 Å². The van der Waals surface area contributed by atoms with Gasteiger partial charge in [0, 0.05) is 6.92 Å². The van der Waals surface area contributed by atoms with E-state index in [1.54, 1.807) is 0 Å². The Morgan fingerprint density at radius 2 is 1.90 bits per heavy atom. The second-order valence-electron chi connectivity index (χ2n) is 3.95. The Hall–Kier alpha value is -2.70. The van der Waals surface area contributed by atoms with Crippen molar-refractivity contribution in [2.24, 2.45) is 0 Å². The third kappa shape index (κ3) is 3.91. The number of rotatable bonds is 4. The lowest BCUT2D eigenvalue weighted by molar-refractivity contribution is -0.142. The van der Waals surface area contributed by atoms with Gasteiger partial charge < -0.3 is 9.47 Å². The van der Waals surface area contributed by atoms with Crippen LogP contribution in [0.1, 0.15) is 18.2 Å². The highest BCUT2D eigenvalue weighted by atomic mass is 16.6. The number of benzene rings is 1. The molecule has 2 aromatic rings. The van der Waals surface area contributed by atoms with Crippen LogP contribution in [0.25, 0.3) is 0 Å². The smallest absolute Gasteiger partial charge is 0.452 e. The molecule has 0 unspecified atom stereocenters. The summed E-state index contributed by atoms with van der Waals surface area (Å²) >= 11 is 0. The highest BCUT2D eigenvalue weighted by molar-refractivity contribution is 5.68. The van der Waals surface area contributed by atoms with Crippen molar-refractivity contribution < 1.29 is 19.1 Å². The lowest BCUT2D eigenvalue weighted by Gasteiger charge is -2.03. The molecule has 7 nitrogen and oxygen atoms in total. The Morgan fingerprint density at radius 3 is 2.60 bits per heavy atom. The highest BCUT2D eigenvalue weighted by Gasteiger charge is 2.11. The first-order chi connectivity index (χ1) is 9.65. The van der Waals surface area contributed by atoms with E-state index in [4.69, 9.17) is 9.47 Å². The fourth-order valence-corrected chi connectivity index (χ4v) is 1.40. The number of hydrogen-bond donors (Lipinski definition) is 0. The van der Waals surface area contributed by atoms with Crippen LogP contribution in [0, 0.1) is 0 Å². The van der Waals surface area contributed by atoms with Crippen LogP contribution < -0.4 is 0 Å². The summed E-state index contributed by atoms with van der Waals surface area (Å²) in [7, 11) is 0. The second kappa shape index (κ2) is 6.46. The number of esters is 1. The van der Waals surface area contributed by atoms with Crippen molar-refractivity contribution in [3.8, 4) is 0 Å². The standard InChI is InChI=1S/C13H13N3O4/c1-10(17)19-9-12-7-14-16(15-12)13(18)20-8-11-5-3-2-4-6-11/h2-7H,8-9H2,1H3. The zero-order chi connectivity index (χ0) is 14.4. The van der Waals surface area contributed by atoms with E-state index >= 15 is 0 Å². The largest absolute Gasteiger partial charge is 0.459 e. The second-order valence-corrected chi connectivity index (χ2v) is 3.95. The summed E-state index contributed by atoms with van der Waals surface area (Å²) in [5, 5.41) is 7.59. The van der Waals surface area contributed by atoms with E-state index in [0.29, 0.717) is 5.69 Å². The van der Waals surface area contributed by atoms with E-state index in [1.807, 2.05) is 30.3 Å². The van der Waals surface area contributed by atoms with Crippen molar-refractivity contribution in [3.05, 3.63) is 47.8 Å². The van der Waals surface area contributed by atoms with E-state index < -0.39 is 12.1 Å². The van der Waals surface area contributed by atoms with Gasteiger partial charge in [-0.05, 0) is 5.56 Å². The molecule has 0 atom stereocenters. The van der Waals surface area contributed by atoms with Crippen LogP contribution in [-0.4, -0.2) is 27.1 Å². The fourth-order valence-electron chi connectivity index (χ4n) is 1.40. The Kier molecular flexibility index (Phi) is 4.43. The predicted molar refractivity (Wildman–Crippen MR) is 67.5 cm³/mol. The minimum atomic E-state index is -0.692. The highest BCUT2D eigenvalue weighted by Crippen LogP contribution is 2.02. The first-order valence-electron chi connectivity index (χ1n) is 5.91. The van der Waals surface area contributed by atoms with Crippen LogP contribution in [0.5, 0.6) is 0 Å². The van der Waals surface area contributed by atoms with Gasteiger partial charge in [-0.3, -0.25) is 4.79 Å². The molecule has 0 aliphatic heterocycles. The molecule has 7 heteroatoms. The van der Waals surface area contributed by atoms with Gasteiger partial charge >= 0.3 is 12.1 Å². The lowest BCUT2D eigenvalue weighted by atomic mass is 10.2. The van der Waals surface area contributed by atoms with Crippen LogP contribution in [0.2, 0.25) is 0 Å². The fraction of sp³-hybridized carbons (Fsp3) is 0.231. The van der Waals surface area contributed by atoms with Gasteiger partial charge in [-0.25, -0.2) is 4.79 Å². The van der Waals surface area contributed by atoms with Crippen LogP contribution in [0.15, 0.2) is 36.5 Å². The summed E-state index contributed by atoms with van der Waals surface area (Å²) in [6, 6.07) is 9.27. The molecule has 0 bridgehead atoms. The molecule has 0 spiro atoms. The van der Waals surface area contributed by atoms with Crippen molar-refractivity contribution >= 4 is 12.1 Å². The number of carbonyl (C=O) groups excluding carboxylic acids is 2. The third-order valence-corrected chi connectivity index (χ3v) is 2.33. The topological polar surface area (TPSA) is 83.3 Å². The molecule has 1 aromatic carbocycles. The Balaban J connectivity index is 1.88. The zero-order valence-corrected chi connectivity index (χ0v) is 10.9. The van der Waals surface area contributed by atoms with Crippen LogP contribution >= 0.6 is 0 Å². The average molecular weight is 275 g/mol. The number of hydrogen-bond acceptors (Lipinski definition) is 6. The summed E-state index contributed by atoms with van der Waals surface area (Å²) in [4.78, 5) is 23.1. The normalized spacial score (nSPS) is 10.1. The van der Waals surface area contributed by atoms with Gasteiger partial charge in [0.2, 0.25) is 0 Å². The van der Waals surface area contributed by atoms with E-state index in [-0.39, 0.29) is 13.2 Å². The van der Waals surface area contributed by atoms with Crippen LogP contribution in [-0.2, 0) is 27.5 Å². The monoisotopic (exact) mass is 275 g/mol. The summed E-state index contributed by atoms with van der Waals surface area (Å²) in [6.07, 6.45) is 0.648. The number of aromatic nitrogens is 3. The molecule has 0 amide bonds. The van der Waals surface area contributed by atoms with Crippen molar-refractivity contribution in [1.82, 2.24) is 15.0 Å². The molecule has 0 fully saturated rings. The minimum Gasteiger partial charge on any atom is -0.459 e. The molecular formula is C13H13N3O4. The van der Waals surface area contributed by atoms with Crippen molar-refractivity contribution in [2.45, 2.75) is 20.1 Å². The molecule has 104 valence electrons. The summed E-state index contributed by atoms with van der Waals surface area (Å²) in [5.74, 6) is -0.425. The van der Waals surface area contributed by atoms with Crippen molar-refractivity contribution in [1.29, 1.82) is 0 Å². The average Bonchev–Trinajstić information content (AvgIpc) is 2.92. The lowest BCUT2D eigenvalue weighted by Crippen LogP contribution is -2.17. The van der Waals surface area contributed by atoms with Gasteiger partial charge in [0.15, 0.2) is 0 Å². The quantitative estimate of drug-likeness (QED) is 0.787. The van der Waals surface area contributed by atoms with Crippen molar-refractivity contribution in [2.75, 3.05) is 0 Å². The maximum Gasteiger partial charge on any atom is 0.452 e. The SMILES string of the molecule is CC(=O)OCc1cnn(C(=O)OCc2ccccc2)n1. The van der Waals surface area contributed by atoms with Crippen molar-refractivity contribution in [3.63, 3.8) is 0 Å². The van der Waals surface area contributed by atoms with Gasteiger partial charge in [0.1, 0.15) is 18.9 Å². The summed E-state index contributed by atoms with van der Waals surface area (Å²) < 4.78 is 9.79. The molecule has 20 heavy (non-hydrogen) atoms. The molecular weight excluding hydrogens is 262 g/mol. The van der Waals surface area contributed by atoms with Crippen LogP contribution in [0.4, 0.5) is 4.79 Å². The third-order valence-electron chi connectivity index (χ3n) is 2.33. The van der Waals surface area contributed by atoms with Crippen LogP contribution in [0.3, 0.4) is 0 Å². The number of carbonyl (C=O) groups is 2. The molecule has 2 rings (SSSR count).